The number of ether oxygens (including phenoxy) is 1. The first kappa shape index (κ1) is 12.3. The van der Waals surface area contributed by atoms with E-state index in [1.54, 1.807) is 18.2 Å². The molecule has 0 heterocycles. The Kier molecular flexibility index (Phi) is 4.87. The summed E-state index contributed by atoms with van der Waals surface area (Å²) in [7, 11) is 1.35. The third-order valence-electron chi connectivity index (χ3n) is 1.47. The van der Waals surface area contributed by atoms with Gasteiger partial charge in [0.05, 0.1) is 12.1 Å². The SMILES string of the molecule is CONC(=O)COc1ccc(Br)cc1Cl. The van der Waals surface area contributed by atoms with Crippen LogP contribution in [-0.4, -0.2) is 19.6 Å². The van der Waals surface area contributed by atoms with Gasteiger partial charge in [-0.05, 0) is 18.2 Å². The molecule has 1 N–H and O–H groups in total. The summed E-state index contributed by atoms with van der Waals surface area (Å²) in [6, 6.07) is 5.13. The summed E-state index contributed by atoms with van der Waals surface area (Å²) in [6.45, 7) is -0.144. The van der Waals surface area contributed by atoms with E-state index < -0.39 is 0 Å². The zero-order valence-corrected chi connectivity index (χ0v) is 10.3. The number of rotatable bonds is 4. The summed E-state index contributed by atoms with van der Waals surface area (Å²) < 4.78 is 6.01. The second kappa shape index (κ2) is 5.95. The minimum atomic E-state index is -0.378. The van der Waals surface area contributed by atoms with E-state index in [2.05, 4.69) is 26.2 Å². The van der Waals surface area contributed by atoms with Crippen molar-refractivity contribution in [2.24, 2.45) is 0 Å². The molecule has 1 aromatic rings. The molecule has 6 heteroatoms. The number of hydrogen-bond acceptors (Lipinski definition) is 3. The lowest BCUT2D eigenvalue weighted by Gasteiger charge is -2.07. The van der Waals surface area contributed by atoms with Gasteiger partial charge in [0.2, 0.25) is 0 Å². The maximum atomic E-state index is 11.0. The van der Waals surface area contributed by atoms with E-state index >= 15 is 0 Å². The molecule has 0 spiro atoms. The monoisotopic (exact) mass is 293 g/mol. The standard InChI is InChI=1S/C9H9BrClNO3/c1-14-12-9(13)5-15-8-3-2-6(10)4-7(8)11/h2-4H,5H2,1H3,(H,12,13). The van der Waals surface area contributed by atoms with E-state index in [0.29, 0.717) is 10.8 Å². The van der Waals surface area contributed by atoms with E-state index in [0.717, 1.165) is 4.47 Å². The number of hydrogen-bond donors (Lipinski definition) is 1. The Labute approximate surface area is 101 Å². The minimum Gasteiger partial charge on any atom is -0.482 e. The van der Waals surface area contributed by atoms with Crippen molar-refractivity contribution >= 4 is 33.4 Å². The number of carbonyl (C=O) groups excluding carboxylic acids is 1. The van der Waals surface area contributed by atoms with E-state index in [4.69, 9.17) is 16.3 Å². The van der Waals surface area contributed by atoms with Crippen LogP contribution in [0.1, 0.15) is 0 Å². The van der Waals surface area contributed by atoms with Crippen LogP contribution in [0.2, 0.25) is 5.02 Å². The van der Waals surface area contributed by atoms with E-state index in [1.165, 1.54) is 7.11 Å². The first-order valence-corrected chi connectivity index (χ1v) is 5.20. The molecule has 82 valence electrons. The Hall–Kier alpha value is -0.780. The summed E-state index contributed by atoms with van der Waals surface area (Å²) in [5.41, 5.74) is 2.13. The Morgan fingerprint density at radius 3 is 2.93 bits per heavy atom. The molecule has 1 rings (SSSR count). The van der Waals surface area contributed by atoms with Crippen LogP contribution in [-0.2, 0) is 9.63 Å². The van der Waals surface area contributed by atoms with Crippen molar-refractivity contribution in [3.05, 3.63) is 27.7 Å². The Morgan fingerprint density at radius 2 is 2.33 bits per heavy atom. The van der Waals surface area contributed by atoms with Crippen LogP contribution in [0.5, 0.6) is 5.75 Å². The van der Waals surface area contributed by atoms with Crippen LogP contribution in [0, 0.1) is 0 Å². The van der Waals surface area contributed by atoms with Gasteiger partial charge in [0.25, 0.3) is 5.91 Å². The Balaban J connectivity index is 2.54. The molecule has 0 unspecified atom stereocenters. The van der Waals surface area contributed by atoms with Gasteiger partial charge in [-0.15, -0.1) is 0 Å². The number of hydroxylamine groups is 1. The largest absolute Gasteiger partial charge is 0.482 e. The third-order valence-corrected chi connectivity index (χ3v) is 2.26. The molecule has 0 radical (unpaired) electrons. The molecule has 1 aromatic carbocycles. The molecular formula is C9H9BrClNO3. The highest BCUT2D eigenvalue weighted by atomic mass is 79.9. The van der Waals surface area contributed by atoms with Gasteiger partial charge in [-0.25, -0.2) is 5.48 Å². The zero-order chi connectivity index (χ0) is 11.3. The molecule has 0 aliphatic rings. The van der Waals surface area contributed by atoms with Gasteiger partial charge in [0.15, 0.2) is 6.61 Å². The average molecular weight is 295 g/mol. The quantitative estimate of drug-likeness (QED) is 0.866. The van der Waals surface area contributed by atoms with Crippen molar-refractivity contribution in [2.45, 2.75) is 0 Å². The van der Waals surface area contributed by atoms with Crippen molar-refractivity contribution < 1.29 is 14.4 Å². The average Bonchev–Trinajstić information content (AvgIpc) is 2.17. The first-order valence-electron chi connectivity index (χ1n) is 4.03. The second-order valence-electron chi connectivity index (χ2n) is 2.59. The lowest BCUT2D eigenvalue weighted by Crippen LogP contribution is -2.27. The fourth-order valence-corrected chi connectivity index (χ4v) is 1.61. The van der Waals surface area contributed by atoms with Crippen molar-refractivity contribution in [3.8, 4) is 5.75 Å². The van der Waals surface area contributed by atoms with Crippen LogP contribution in [0.15, 0.2) is 22.7 Å². The lowest BCUT2D eigenvalue weighted by molar-refractivity contribution is -0.133. The Morgan fingerprint density at radius 1 is 1.60 bits per heavy atom. The second-order valence-corrected chi connectivity index (χ2v) is 3.92. The third kappa shape index (κ3) is 4.07. The fourth-order valence-electron chi connectivity index (χ4n) is 0.879. The Bertz CT molecular complexity index is 359. The van der Waals surface area contributed by atoms with E-state index in [9.17, 15) is 4.79 Å². The molecule has 15 heavy (non-hydrogen) atoms. The fraction of sp³-hybridized carbons (Fsp3) is 0.222. The molecular weight excluding hydrogens is 285 g/mol. The molecule has 0 aliphatic heterocycles. The van der Waals surface area contributed by atoms with Crippen molar-refractivity contribution in [1.82, 2.24) is 5.48 Å². The number of carbonyl (C=O) groups is 1. The first-order chi connectivity index (χ1) is 7.13. The number of nitrogens with one attached hydrogen (secondary N) is 1. The minimum absolute atomic E-state index is 0.144. The molecule has 1 amide bonds. The number of benzene rings is 1. The van der Waals surface area contributed by atoms with E-state index in [1.807, 2.05) is 0 Å². The summed E-state index contributed by atoms with van der Waals surface area (Å²) in [5.74, 6) is 0.0719. The molecule has 0 atom stereocenters. The smallest absolute Gasteiger partial charge is 0.281 e. The predicted octanol–water partition coefficient (Wildman–Crippen LogP) is 2.16. The highest BCUT2D eigenvalue weighted by Crippen LogP contribution is 2.27. The normalized spacial score (nSPS) is 9.80. The predicted molar refractivity (Wildman–Crippen MR) is 59.8 cm³/mol. The van der Waals surface area contributed by atoms with Gasteiger partial charge in [-0.3, -0.25) is 9.63 Å². The van der Waals surface area contributed by atoms with E-state index in [-0.39, 0.29) is 12.5 Å². The van der Waals surface area contributed by atoms with Gasteiger partial charge < -0.3 is 4.74 Å². The zero-order valence-electron chi connectivity index (χ0n) is 7.92. The van der Waals surface area contributed by atoms with Crippen LogP contribution < -0.4 is 10.2 Å². The maximum absolute atomic E-state index is 11.0. The van der Waals surface area contributed by atoms with Crippen molar-refractivity contribution in [1.29, 1.82) is 0 Å². The summed E-state index contributed by atoms with van der Waals surface area (Å²) >= 11 is 9.13. The molecule has 0 aromatic heterocycles. The van der Waals surface area contributed by atoms with Crippen LogP contribution in [0.3, 0.4) is 0 Å². The molecule has 0 aliphatic carbocycles. The maximum Gasteiger partial charge on any atom is 0.281 e. The molecule has 4 nitrogen and oxygen atoms in total. The van der Waals surface area contributed by atoms with Crippen LogP contribution in [0.4, 0.5) is 0 Å². The number of amides is 1. The van der Waals surface area contributed by atoms with Gasteiger partial charge in [-0.2, -0.15) is 0 Å². The summed E-state index contributed by atoms with van der Waals surface area (Å²) in [6.07, 6.45) is 0. The van der Waals surface area contributed by atoms with Crippen LogP contribution in [0.25, 0.3) is 0 Å². The highest BCUT2D eigenvalue weighted by molar-refractivity contribution is 9.10. The van der Waals surface area contributed by atoms with Crippen molar-refractivity contribution in [3.63, 3.8) is 0 Å². The van der Waals surface area contributed by atoms with Gasteiger partial charge in [0, 0.05) is 4.47 Å². The highest BCUT2D eigenvalue weighted by Gasteiger charge is 2.05. The summed E-state index contributed by atoms with van der Waals surface area (Å²) in [5, 5.41) is 0.439. The van der Waals surface area contributed by atoms with Gasteiger partial charge in [-0.1, -0.05) is 27.5 Å². The van der Waals surface area contributed by atoms with Gasteiger partial charge in [0.1, 0.15) is 5.75 Å². The molecule has 0 fully saturated rings. The van der Waals surface area contributed by atoms with Crippen LogP contribution >= 0.6 is 27.5 Å². The topological polar surface area (TPSA) is 47.6 Å². The molecule has 0 bridgehead atoms. The number of halogens is 2. The van der Waals surface area contributed by atoms with Crippen molar-refractivity contribution in [2.75, 3.05) is 13.7 Å². The lowest BCUT2D eigenvalue weighted by atomic mass is 10.3. The van der Waals surface area contributed by atoms with Gasteiger partial charge >= 0.3 is 0 Å². The summed E-state index contributed by atoms with van der Waals surface area (Å²) in [4.78, 5) is 15.4. The molecule has 0 saturated heterocycles. The molecule has 0 saturated carbocycles.